The number of esters is 1. The van der Waals surface area contributed by atoms with Crippen LogP contribution in [0.5, 0.6) is 0 Å². The number of aromatic carboxylic acids is 1. The molecule has 6 rings (SSSR count). The van der Waals surface area contributed by atoms with Gasteiger partial charge in [0.2, 0.25) is 11.8 Å². The Morgan fingerprint density at radius 2 is 0.892 bits per heavy atom. The average Bonchev–Trinajstić information content (AvgIpc) is 3.48. The van der Waals surface area contributed by atoms with Crippen LogP contribution >= 0.6 is 0 Å². The van der Waals surface area contributed by atoms with Crippen LogP contribution in [0.1, 0.15) is 139 Å². The first-order valence-corrected chi connectivity index (χ1v) is 25.9. The number of amides is 6. The van der Waals surface area contributed by atoms with Crippen molar-refractivity contribution in [3.05, 3.63) is 200 Å². The number of hydrogen-bond acceptors (Lipinski definition) is 12. The van der Waals surface area contributed by atoms with Gasteiger partial charge in [-0.05, 0) is 151 Å². The zero-order valence-corrected chi connectivity index (χ0v) is 47.8. The summed E-state index contributed by atoms with van der Waals surface area (Å²) in [7, 11) is 0. The van der Waals surface area contributed by atoms with Crippen LogP contribution in [-0.4, -0.2) is 82.3 Å². The van der Waals surface area contributed by atoms with Crippen LogP contribution in [0.2, 0.25) is 0 Å². The minimum atomic E-state index is -0.931. The highest BCUT2D eigenvalue weighted by Gasteiger charge is 2.27. The minimum absolute atomic E-state index is 0.0188. The molecule has 0 fully saturated rings. The van der Waals surface area contributed by atoms with Crippen molar-refractivity contribution in [2.75, 3.05) is 23.7 Å². The van der Waals surface area contributed by atoms with Crippen molar-refractivity contribution in [3.8, 4) is 0 Å². The maximum absolute atomic E-state index is 14.2. The number of aryl methyl sites for hydroxylation is 4. The molecule has 6 aromatic rings. The van der Waals surface area contributed by atoms with Gasteiger partial charge in [-0.3, -0.25) is 19.2 Å². The monoisotopic (exact) mass is 1140 g/mol. The Morgan fingerprint density at radius 1 is 0.518 bits per heavy atom. The molecule has 0 radical (unpaired) electrons. The molecule has 0 heterocycles. The van der Waals surface area contributed by atoms with Gasteiger partial charge in [0.15, 0.2) is 0 Å². The standard InChI is InChI=1S/C31H34FN3O6.C22H26FN3O5.C9H10O2/c1-18-6-12-23(19(2)14-18)29(38)40-17-20-7-9-21(10-8-20)25(16-34-30(39)41-31(3,4)5)28(37)35-22-11-13-24(27(33)36)26(32)15-22;1-22(2,3)31-21(30)25-11-17(14-6-4-13(12-27)5-7-14)20(29)26-15-8-9-16(19(24)28)18(23)10-15;1-6-3-4-8(9(10)11)7(2)5-6/h6-15,25H,16-17H2,1-5H3,(H2,33,36)(H,34,39)(H,35,37);4-10,17,27H,11-12H2,1-3H3,(H2,24,28)(H,25,30)(H,26,29);3-5H,1-2H3,(H,10,11). The molecule has 10 N–H and O–H groups in total. The van der Waals surface area contributed by atoms with Crippen LogP contribution in [0.4, 0.5) is 29.7 Å². The molecule has 0 saturated heterocycles. The number of benzene rings is 6. The summed E-state index contributed by atoms with van der Waals surface area (Å²) in [5, 5.41) is 28.2. The molecule has 0 saturated carbocycles. The van der Waals surface area contributed by atoms with E-state index in [4.69, 9.17) is 30.8 Å². The molecule has 6 aromatic carbocycles. The number of nitrogens with one attached hydrogen (secondary N) is 4. The van der Waals surface area contributed by atoms with Crippen molar-refractivity contribution in [1.29, 1.82) is 0 Å². The van der Waals surface area contributed by atoms with Gasteiger partial charge in [0.1, 0.15) is 29.4 Å². The first kappa shape index (κ1) is 66.0. The summed E-state index contributed by atoms with van der Waals surface area (Å²) in [4.78, 5) is 96.1. The van der Waals surface area contributed by atoms with E-state index in [0.29, 0.717) is 33.4 Å². The summed E-state index contributed by atoms with van der Waals surface area (Å²) in [5.74, 6) is -7.67. The van der Waals surface area contributed by atoms with E-state index in [-0.39, 0.29) is 48.8 Å². The Labute approximate surface area is 480 Å². The van der Waals surface area contributed by atoms with Crippen LogP contribution in [0.3, 0.4) is 0 Å². The molecule has 0 aromatic heterocycles. The molecular weight excluding hydrogens is 1070 g/mol. The Hall–Kier alpha value is -9.50. The van der Waals surface area contributed by atoms with Gasteiger partial charge in [-0.25, -0.2) is 28.0 Å². The minimum Gasteiger partial charge on any atom is -0.478 e. The van der Waals surface area contributed by atoms with Gasteiger partial charge in [-0.15, -0.1) is 0 Å². The van der Waals surface area contributed by atoms with Crippen molar-refractivity contribution in [2.24, 2.45) is 11.5 Å². The summed E-state index contributed by atoms with van der Waals surface area (Å²) in [6.07, 6.45) is -1.39. The lowest BCUT2D eigenvalue weighted by molar-refractivity contribution is -0.118. The van der Waals surface area contributed by atoms with Crippen LogP contribution in [-0.2, 0) is 37.0 Å². The molecule has 440 valence electrons. The molecule has 0 aliphatic heterocycles. The lowest BCUT2D eigenvalue weighted by Crippen LogP contribution is -2.37. The molecule has 0 spiro atoms. The van der Waals surface area contributed by atoms with Crippen molar-refractivity contribution < 1.29 is 71.6 Å². The van der Waals surface area contributed by atoms with Crippen molar-refractivity contribution in [3.63, 3.8) is 0 Å². The number of hydrogen-bond donors (Lipinski definition) is 8. The normalized spacial score (nSPS) is 11.6. The number of aliphatic hydroxyl groups is 1. The summed E-state index contributed by atoms with van der Waals surface area (Å²) in [6, 6.07) is 31.2. The topological polar surface area (TPSA) is 305 Å². The lowest BCUT2D eigenvalue weighted by atomic mass is 9.96. The Balaban J connectivity index is 0.000000308. The summed E-state index contributed by atoms with van der Waals surface area (Å²) in [5.41, 5.74) is 15.5. The summed E-state index contributed by atoms with van der Waals surface area (Å²) >= 11 is 0. The molecule has 0 aliphatic carbocycles. The smallest absolute Gasteiger partial charge is 0.407 e. The largest absolute Gasteiger partial charge is 0.478 e. The molecule has 6 amide bonds. The van der Waals surface area contributed by atoms with Crippen molar-refractivity contribution in [2.45, 2.75) is 105 Å². The molecule has 19 nitrogen and oxygen atoms in total. The van der Waals surface area contributed by atoms with Gasteiger partial charge >= 0.3 is 24.1 Å². The first-order chi connectivity index (χ1) is 38.8. The van der Waals surface area contributed by atoms with E-state index in [9.17, 15) is 52.2 Å². The van der Waals surface area contributed by atoms with E-state index in [1.165, 1.54) is 24.3 Å². The third-order valence-electron chi connectivity index (χ3n) is 11.9. The maximum Gasteiger partial charge on any atom is 0.407 e. The summed E-state index contributed by atoms with van der Waals surface area (Å²) in [6.45, 7) is 17.5. The van der Waals surface area contributed by atoms with E-state index in [2.05, 4.69) is 21.3 Å². The number of halogens is 2. The van der Waals surface area contributed by atoms with Gasteiger partial charge in [0.25, 0.3) is 11.8 Å². The number of anilines is 2. The summed E-state index contributed by atoms with van der Waals surface area (Å²) < 4.78 is 44.2. The Kier molecular flexibility index (Phi) is 23.7. The van der Waals surface area contributed by atoms with Crippen LogP contribution in [0.25, 0.3) is 0 Å². The molecule has 21 heteroatoms. The highest BCUT2D eigenvalue weighted by atomic mass is 19.1. The number of rotatable bonds is 17. The number of aliphatic hydroxyl groups excluding tert-OH is 1. The highest BCUT2D eigenvalue weighted by molar-refractivity contribution is 5.99. The first-order valence-electron chi connectivity index (χ1n) is 25.9. The van der Waals surface area contributed by atoms with E-state index in [0.717, 1.165) is 34.4 Å². The fourth-order valence-electron chi connectivity index (χ4n) is 7.79. The van der Waals surface area contributed by atoms with Crippen LogP contribution in [0, 0.1) is 39.3 Å². The van der Waals surface area contributed by atoms with Crippen LogP contribution < -0.4 is 32.7 Å². The third-order valence-corrected chi connectivity index (χ3v) is 11.9. The van der Waals surface area contributed by atoms with E-state index < -0.39 is 82.4 Å². The fourth-order valence-corrected chi connectivity index (χ4v) is 7.79. The Bertz CT molecular complexity index is 3320. The van der Waals surface area contributed by atoms with Crippen molar-refractivity contribution in [1.82, 2.24) is 10.6 Å². The fraction of sp³-hybridized carbons (Fsp3) is 0.290. The maximum atomic E-state index is 14.2. The van der Waals surface area contributed by atoms with E-state index >= 15 is 0 Å². The number of alkyl carbamates (subject to hydrolysis) is 2. The highest BCUT2D eigenvalue weighted by Crippen LogP contribution is 2.24. The third kappa shape index (κ3) is 21.5. The molecule has 0 bridgehead atoms. The second-order valence-electron chi connectivity index (χ2n) is 21.1. The predicted octanol–water partition coefficient (Wildman–Crippen LogP) is 9.81. The predicted molar refractivity (Wildman–Crippen MR) is 308 cm³/mol. The number of carbonyl (C=O) groups excluding carboxylic acids is 7. The van der Waals surface area contributed by atoms with Gasteiger partial charge < -0.3 is 57.2 Å². The van der Waals surface area contributed by atoms with Crippen LogP contribution in [0.15, 0.2) is 121 Å². The van der Waals surface area contributed by atoms with Gasteiger partial charge in [-0.2, -0.15) is 0 Å². The number of carboxylic acid groups (broad SMARTS) is 1. The molecule has 2 atom stereocenters. The van der Waals surface area contributed by atoms with Crippen molar-refractivity contribution >= 4 is 59.1 Å². The van der Waals surface area contributed by atoms with Gasteiger partial charge in [-0.1, -0.05) is 83.9 Å². The SMILES string of the molecule is CC(C)(C)OC(=O)NCC(C(=O)Nc1ccc(C(N)=O)c(F)c1)c1ccc(CO)cc1.Cc1ccc(C(=O)O)c(C)c1.Cc1ccc(C(=O)OCc2ccc(C(CNC(=O)OC(C)(C)C)C(=O)Nc3ccc(C(N)=O)c(F)c3)cc2)c(C)c1. The van der Waals surface area contributed by atoms with E-state index in [1.807, 2.05) is 39.0 Å². The zero-order valence-electron chi connectivity index (χ0n) is 47.8. The van der Waals surface area contributed by atoms with E-state index in [1.54, 1.807) is 115 Å². The molecule has 0 aliphatic rings. The molecular formula is C62H70F2N6O13. The number of carboxylic acids is 1. The number of ether oxygens (including phenoxy) is 3. The second-order valence-corrected chi connectivity index (χ2v) is 21.1. The molecule has 83 heavy (non-hydrogen) atoms. The average molecular weight is 1150 g/mol. The lowest BCUT2D eigenvalue weighted by Gasteiger charge is -2.22. The van der Waals surface area contributed by atoms with Gasteiger partial charge in [0.05, 0.1) is 40.7 Å². The molecule has 2 unspecified atom stereocenters. The number of carbonyl (C=O) groups is 8. The second kappa shape index (κ2) is 29.8. The number of nitrogens with two attached hydrogens (primary N) is 2. The zero-order chi connectivity index (χ0) is 61.9. The number of primary amides is 2. The quantitative estimate of drug-likeness (QED) is 0.0312. The Morgan fingerprint density at radius 3 is 1.23 bits per heavy atom. The van der Waals surface area contributed by atoms with Gasteiger partial charge in [0, 0.05) is 24.5 Å².